The summed E-state index contributed by atoms with van der Waals surface area (Å²) >= 11 is 0. The number of amides is 1. The van der Waals surface area contributed by atoms with Gasteiger partial charge in [0.05, 0.1) is 12.3 Å². The van der Waals surface area contributed by atoms with Crippen molar-refractivity contribution in [1.82, 2.24) is 25.1 Å². The van der Waals surface area contributed by atoms with E-state index in [2.05, 4.69) is 20.2 Å². The molecular weight excluding hydrogens is 469 g/mol. The zero-order valence-electron chi connectivity index (χ0n) is 19.4. The van der Waals surface area contributed by atoms with E-state index in [1.165, 1.54) is 6.07 Å². The molecule has 2 aromatic heterocycles. The minimum absolute atomic E-state index is 0.171. The predicted molar refractivity (Wildman–Crippen MR) is 130 cm³/mol. The van der Waals surface area contributed by atoms with Gasteiger partial charge in [0.1, 0.15) is 19.0 Å². The molecule has 3 heterocycles. The van der Waals surface area contributed by atoms with Crippen LogP contribution >= 0.6 is 0 Å². The SMILES string of the molecule is N=C(N)NC(=O)OCc1cccc(-c2cnc(N3CCC(=NOCCn4cccn4)CC3)nc2)c1F. The Bertz CT molecular complexity index is 1210. The number of carbonyl (C=O) groups excluding carboxylic acids is 1. The fraction of sp³-hybridized carbons (Fsp3) is 0.304. The molecule has 1 fully saturated rings. The van der Waals surface area contributed by atoms with Gasteiger partial charge in [-0.05, 0) is 6.07 Å². The molecule has 0 aliphatic carbocycles. The summed E-state index contributed by atoms with van der Waals surface area (Å²) < 4.78 is 21.7. The van der Waals surface area contributed by atoms with Crippen LogP contribution < -0.4 is 16.0 Å². The van der Waals surface area contributed by atoms with Gasteiger partial charge in [0.15, 0.2) is 5.96 Å². The maximum atomic E-state index is 15.0. The Kier molecular flexibility index (Phi) is 8.01. The molecule has 1 aliphatic rings. The number of anilines is 1. The van der Waals surface area contributed by atoms with Crippen LogP contribution in [-0.2, 0) is 22.7 Å². The van der Waals surface area contributed by atoms with Gasteiger partial charge < -0.3 is 20.2 Å². The Labute approximate surface area is 206 Å². The summed E-state index contributed by atoms with van der Waals surface area (Å²) in [5.74, 6) is -0.549. The average Bonchev–Trinajstić information content (AvgIpc) is 3.40. The van der Waals surface area contributed by atoms with Crippen molar-refractivity contribution in [2.75, 3.05) is 24.6 Å². The van der Waals surface area contributed by atoms with Gasteiger partial charge in [-0.25, -0.2) is 19.2 Å². The lowest BCUT2D eigenvalue weighted by Gasteiger charge is -2.27. The number of piperidine rings is 1. The smallest absolute Gasteiger partial charge is 0.414 e. The number of nitrogens with zero attached hydrogens (tertiary/aromatic N) is 6. The number of benzene rings is 1. The third-order valence-corrected chi connectivity index (χ3v) is 5.41. The van der Waals surface area contributed by atoms with Gasteiger partial charge in [-0.1, -0.05) is 23.4 Å². The van der Waals surface area contributed by atoms with Gasteiger partial charge in [0, 0.05) is 67.4 Å². The van der Waals surface area contributed by atoms with Gasteiger partial charge >= 0.3 is 6.09 Å². The zero-order chi connectivity index (χ0) is 25.3. The summed E-state index contributed by atoms with van der Waals surface area (Å²) in [7, 11) is 0. The van der Waals surface area contributed by atoms with Gasteiger partial charge in [-0.2, -0.15) is 5.10 Å². The molecule has 12 nitrogen and oxygen atoms in total. The molecule has 36 heavy (non-hydrogen) atoms. The lowest BCUT2D eigenvalue weighted by atomic mass is 10.1. The quantitative estimate of drug-likeness (QED) is 0.186. The number of oxime groups is 1. The van der Waals surface area contributed by atoms with E-state index in [1.807, 2.05) is 22.5 Å². The minimum Gasteiger partial charge on any atom is -0.444 e. The van der Waals surface area contributed by atoms with Crippen molar-refractivity contribution < 1.29 is 18.8 Å². The fourth-order valence-corrected chi connectivity index (χ4v) is 3.59. The van der Waals surface area contributed by atoms with Crippen molar-refractivity contribution in [2.24, 2.45) is 10.9 Å². The normalized spacial score (nSPS) is 13.2. The first-order valence-electron chi connectivity index (χ1n) is 11.3. The van der Waals surface area contributed by atoms with E-state index in [0.717, 1.165) is 18.6 Å². The number of hydrogen-bond donors (Lipinski definition) is 3. The molecule has 0 bridgehead atoms. The van der Waals surface area contributed by atoms with Crippen molar-refractivity contribution in [3.8, 4) is 11.1 Å². The summed E-state index contributed by atoms with van der Waals surface area (Å²) in [6.45, 7) is 2.17. The summed E-state index contributed by atoms with van der Waals surface area (Å²) in [5.41, 5.74) is 7.01. The number of carbonyl (C=O) groups is 1. The zero-order valence-corrected chi connectivity index (χ0v) is 19.4. The number of nitrogens with one attached hydrogen (secondary N) is 2. The highest BCUT2D eigenvalue weighted by Gasteiger charge is 2.19. The maximum absolute atomic E-state index is 15.0. The highest BCUT2D eigenvalue weighted by molar-refractivity contribution is 5.90. The predicted octanol–water partition coefficient (Wildman–Crippen LogP) is 2.27. The molecule has 188 valence electrons. The van der Waals surface area contributed by atoms with Crippen LogP contribution in [0.5, 0.6) is 0 Å². The third-order valence-electron chi connectivity index (χ3n) is 5.41. The van der Waals surface area contributed by atoms with E-state index in [4.69, 9.17) is 20.7 Å². The van der Waals surface area contributed by atoms with E-state index in [9.17, 15) is 4.79 Å². The van der Waals surface area contributed by atoms with Crippen LogP contribution in [0.2, 0.25) is 0 Å². The minimum atomic E-state index is -0.935. The summed E-state index contributed by atoms with van der Waals surface area (Å²) in [4.78, 5) is 27.8. The highest BCUT2D eigenvalue weighted by atomic mass is 19.1. The molecule has 4 N–H and O–H groups in total. The van der Waals surface area contributed by atoms with E-state index >= 15 is 4.39 Å². The molecule has 1 saturated heterocycles. The largest absolute Gasteiger partial charge is 0.444 e. The Morgan fingerprint density at radius 3 is 2.69 bits per heavy atom. The Balaban J connectivity index is 1.30. The van der Waals surface area contributed by atoms with Crippen LogP contribution in [0.1, 0.15) is 18.4 Å². The molecule has 4 rings (SSSR count). The molecular formula is C23H26FN9O3. The van der Waals surface area contributed by atoms with Gasteiger partial charge in [-0.15, -0.1) is 0 Å². The van der Waals surface area contributed by atoms with E-state index in [1.54, 1.807) is 35.4 Å². The molecule has 0 radical (unpaired) electrons. The standard InChI is InChI=1S/C23H26FN9O3/c24-20-16(15-35-23(34)30-21(25)26)3-1-4-19(20)17-13-27-22(28-14-17)32-9-5-18(6-10-32)31-36-12-11-33-8-2-7-29-33/h1-4,7-8,13-14H,5-6,9-12,15H2,(H4,25,26,30,34). The third kappa shape index (κ3) is 6.52. The Hall–Kier alpha value is -4.55. The lowest BCUT2D eigenvalue weighted by Crippen LogP contribution is -2.36. The van der Waals surface area contributed by atoms with Crippen LogP contribution in [0.25, 0.3) is 11.1 Å². The number of ether oxygens (including phenoxy) is 1. The van der Waals surface area contributed by atoms with Crippen molar-refractivity contribution in [3.63, 3.8) is 0 Å². The molecule has 0 saturated carbocycles. The molecule has 13 heteroatoms. The fourth-order valence-electron chi connectivity index (χ4n) is 3.59. The van der Waals surface area contributed by atoms with E-state index < -0.39 is 17.9 Å². The molecule has 0 spiro atoms. The maximum Gasteiger partial charge on any atom is 0.414 e. The monoisotopic (exact) mass is 495 g/mol. The number of halogens is 1. The molecule has 0 unspecified atom stereocenters. The molecule has 0 atom stereocenters. The van der Waals surface area contributed by atoms with Crippen LogP contribution in [0.15, 0.2) is 54.2 Å². The summed E-state index contributed by atoms with van der Waals surface area (Å²) in [6.07, 6.45) is 7.27. The first kappa shape index (κ1) is 24.6. The number of nitrogens with two attached hydrogens (primary N) is 1. The van der Waals surface area contributed by atoms with E-state index in [-0.39, 0.29) is 17.7 Å². The van der Waals surface area contributed by atoms with Gasteiger partial charge in [0.25, 0.3) is 0 Å². The van der Waals surface area contributed by atoms with Crippen molar-refractivity contribution in [3.05, 3.63) is 60.4 Å². The van der Waals surface area contributed by atoms with Crippen LogP contribution in [0.3, 0.4) is 0 Å². The second kappa shape index (κ2) is 11.7. The lowest BCUT2D eigenvalue weighted by molar-refractivity contribution is 0.131. The molecule has 1 aliphatic heterocycles. The highest BCUT2D eigenvalue weighted by Crippen LogP contribution is 2.25. The number of rotatable bonds is 8. The number of hydrogen-bond acceptors (Lipinski definition) is 9. The Morgan fingerprint density at radius 1 is 1.22 bits per heavy atom. The first-order chi connectivity index (χ1) is 17.5. The van der Waals surface area contributed by atoms with Gasteiger partial charge in [0.2, 0.25) is 5.95 Å². The van der Waals surface area contributed by atoms with Crippen molar-refractivity contribution in [1.29, 1.82) is 5.41 Å². The van der Waals surface area contributed by atoms with Gasteiger partial charge in [-0.3, -0.25) is 15.4 Å². The second-order valence-electron chi connectivity index (χ2n) is 7.91. The first-order valence-corrected chi connectivity index (χ1v) is 11.3. The molecule has 1 amide bonds. The van der Waals surface area contributed by atoms with Crippen molar-refractivity contribution >= 4 is 23.7 Å². The second-order valence-corrected chi connectivity index (χ2v) is 7.91. The van der Waals surface area contributed by atoms with Crippen LogP contribution in [-0.4, -0.2) is 57.2 Å². The van der Waals surface area contributed by atoms with Crippen LogP contribution in [0, 0.1) is 11.2 Å². The van der Waals surface area contributed by atoms with Crippen LogP contribution in [0.4, 0.5) is 15.1 Å². The molecule has 3 aromatic rings. The van der Waals surface area contributed by atoms with E-state index in [0.29, 0.717) is 37.8 Å². The summed E-state index contributed by atoms with van der Waals surface area (Å²) in [6, 6.07) is 6.61. The number of guanidine groups is 1. The topological polar surface area (TPSA) is 157 Å². The average molecular weight is 496 g/mol. The number of alkyl carbamates (subject to hydrolysis) is 1. The molecule has 1 aromatic carbocycles. The van der Waals surface area contributed by atoms with Crippen molar-refractivity contribution in [2.45, 2.75) is 26.0 Å². The Morgan fingerprint density at radius 2 is 2.00 bits per heavy atom. The summed E-state index contributed by atoms with van der Waals surface area (Å²) in [5, 5.41) is 17.3. The number of aromatic nitrogens is 4.